The molecule has 1 N–H and O–H groups in total. The van der Waals surface area contributed by atoms with Gasteiger partial charge in [0, 0.05) is 18.2 Å². The lowest BCUT2D eigenvalue weighted by molar-refractivity contribution is -0.681. The van der Waals surface area contributed by atoms with Crippen molar-refractivity contribution in [2.75, 3.05) is 0 Å². The quantitative estimate of drug-likeness (QED) is 0.439. The third kappa shape index (κ3) is 3.59. The first-order valence-electron chi connectivity index (χ1n) is 7.70. The number of carbonyl (C=O) groups is 1. The maximum absolute atomic E-state index is 11.3. The highest BCUT2D eigenvalue weighted by Crippen LogP contribution is 2.18. The van der Waals surface area contributed by atoms with Gasteiger partial charge in [-0.25, -0.2) is 9.69 Å². The monoisotopic (exact) mass is 316 g/mol. The fourth-order valence-electron chi connectivity index (χ4n) is 2.56. The van der Waals surface area contributed by atoms with Gasteiger partial charge in [-0.3, -0.25) is 0 Å². The molecule has 0 unspecified atom stereocenters. The Bertz CT molecular complexity index is 772. The summed E-state index contributed by atoms with van der Waals surface area (Å²) in [5.41, 5.74) is 3.34. The molecule has 3 nitrogen and oxygen atoms in total. The Morgan fingerprint density at radius 2 is 1.21 bits per heavy atom. The van der Waals surface area contributed by atoms with E-state index in [0.717, 1.165) is 28.0 Å². The van der Waals surface area contributed by atoms with E-state index in [9.17, 15) is 4.79 Å². The minimum absolute atomic E-state index is 0.460. The second kappa shape index (κ2) is 7.40. The molecule has 0 aliphatic heterocycles. The normalized spacial score (nSPS) is 10.4. The zero-order valence-electron chi connectivity index (χ0n) is 13.2. The number of para-hydroxylation sites is 2. The zero-order chi connectivity index (χ0) is 16.8. The molecular weight excluding hydrogens is 298 g/mol. The van der Waals surface area contributed by atoms with Crippen LogP contribution >= 0.6 is 0 Å². The first kappa shape index (κ1) is 15.7. The fraction of sp³-hybridized carbons (Fsp3) is 0. The SMILES string of the molecule is C=CC(=O)Oc1ccc([NH+](c2ccccc2)c2ccccc2)cc1. The Kier molecular flexibility index (Phi) is 4.84. The summed E-state index contributed by atoms with van der Waals surface area (Å²) in [6.07, 6.45) is 1.15. The Morgan fingerprint density at radius 1 is 0.750 bits per heavy atom. The molecule has 0 aliphatic rings. The molecule has 0 fully saturated rings. The van der Waals surface area contributed by atoms with E-state index >= 15 is 0 Å². The van der Waals surface area contributed by atoms with Crippen molar-refractivity contribution in [2.45, 2.75) is 0 Å². The van der Waals surface area contributed by atoms with Crippen molar-refractivity contribution in [3.8, 4) is 5.75 Å². The Morgan fingerprint density at radius 3 is 1.67 bits per heavy atom. The average molecular weight is 316 g/mol. The second-order valence-corrected chi connectivity index (χ2v) is 5.26. The molecule has 0 aromatic heterocycles. The van der Waals surface area contributed by atoms with Crippen molar-refractivity contribution in [1.29, 1.82) is 0 Å². The number of quaternary nitrogens is 1. The molecule has 0 aliphatic carbocycles. The lowest BCUT2D eigenvalue weighted by Gasteiger charge is -2.18. The standard InChI is InChI=1S/C21H17NO2/c1-2-21(23)24-20-15-13-19(14-16-20)22(17-9-5-3-6-10-17)18-11-7-4-8-12-18/h2-16H,1H2/p+1. The van der Waals surface area contributed by atoms with Crippen LogP contribution in [-0.4, -0.2) is 5.97 Å². The van der Waals surface area contributed by atoms with E-state index in [4.69, 9.17) is 4.74 Å². The highest BCUT2D eigenvalue weighted by molar-refractivity contribution is 5.83. The average Bonchev–Trinajstić information content (AvgIpc) is 2.65. The lowest BCUT2D eigenvalue weighted by atomic mass is 10.2. The summed E-state index contributed by atoms with van der Waals surface area (Å²) in [7, 11) is 0. The number of rotatable bonds is 5. The number of ether oxygens (including phenoxy) is 1. The fourth-order valence-corrected chi connectivity index (χ4v) is 2.56. The molecule has 0 radical (unpaired) electrons. The third-order valence-corrected chi connectivity index (χ3v) is 3.65. The predicted molar refractivity (Wildman–Crippen MR) is 95.1 cm³/mol. The summed E-state index contributed by atoms with van der Waals surface area (Å²) in [5, 5.41) is 0. The first-order chi connectivity index (χ1) is 11.8. The molecule has 118 valence electrons. The molecule has 3 aromatic carbocycles. The molecule has 24 heavy (non-hydrogen) atoms. The van der Waals surface area contributed by atoms with Gasteiger partial charge in [0.2, 0.25) is 0 Å². The van der Waals surface area contributed by atoms with E-state index in [1.165, 1.54) is 0 Å². The van der Waals surface area contributed by atoms with Crippen molar-refractivity contribution in [3.05, 3.63) is 97.6 Å². The summed E-state index contributed by atoms with van der Waals surface area (Å²) in [5.74, 6) is 0.0437. The van der Waals surface area contributed by atoms with Gasteiger partial charge >= 0.3 is 5.97 Å². The van der Waals surface area contributed by atoms with Gasteiger partial charge in [0.15, 0.2) is 0 Å². The molecule has 0 saturated heterocycles. The van der Waals surface area contributed by atoms with Gasteiger partial charge in [-0.2, -0.15) is 0 Å². The van der Waals surface area contributed by atoms with E-state index in [-0.39, 0.29) is 0 Å². The maximum atomic E-state index is 11.3. The number of hydrogen-bond acceptors (Lipinski definition) is 2. The van der Waals surface area contributed by atoms with Crippen LogP contribution in [0.3, 0.4) is 0 Å². The van der Waals surface area contributed by atoms with Crippen LogP contribution in [0.1, 0.15) is 0 Å². The summed E-state index contributed by atoms with van der Waals surface area (Å²) in [4.78, 5) is 12.4. The minimum atomic E-state index is -0.460. The van der Waals surface area contributed by atoms with Crippen molar-refractivity contribution in [3.63, 3.8) is 0 Å². The number of benzene rings is 3. The summed E-state index contributed by atoms with van der Waals surface area (Å²) < 4.78 is 5.14. The number of carbonyl (C=O) groups excluding carboxylic acids is 1. The van der Waals surface area contributed by atoms with Crippen molar-refractivity contribution in [1.82, 2.24) is 0 Å². The molecule has 3 heteroatoms. The van der Waals surface area contributed by atoms with E-state index in [2.05, 4.69) is 30.8 Å². The van der Waals surface area contributed by atoms with Crippen molar-refractivity contribution >= 4 is 23.0 Å². The number of nitrogens with one attached hydrogen (secondary N) is 1. The third-order valence-electron chi connectivity index (χ3n) is 3.65. The van der Waals surface area contributed by atoms with Gasteiger partial charge in [0.25, 0.3) is 0 Å². The Hall–Kier alpha value is -3.17. The van der Waals surface area contributed by atoms with Crippen LogP contribution in [-0.2, 0) is 4.79 Å². The molecule has 0 heterocycles. The van der Waals surface area contributed by atoms with Crippen LogP contribution in [0.5, 0.6) is 5.75 Å². The molecular formula is C21H18NO2+. The molecule has 0 saturated carbocycles. The minimum Gasteiger partial charge on any atom is -0.423 e. The molecule has 0 amide bonds. The molecule has 3 rings (SSSR count). The maximum Gasteiger partial charge on any atom is 0.335 e. The summed E-state index contributed by atoms with van der Waals surface area (Å²) in [6, 6.07) is 28.0. The van der Waals surface area contributed by atoms with Crippen LogP contribution in [0, 0.1) is 0 Å². The number of esters is 1. The predicted octanol–water partition coefficient (Wildman–Crippen LogP) is 3.96. The largest absolute Gasteiger partial charge is 0.423 e. The van der Waals surface area contributed by atoms with Gasteiger partial charge < -0.3 is 4.74 Å². The van der Waals surface area contributed by atoms with Gasteiger partial charge in [-0.05, 0) is 36.4 Å². The highest BCUT2D eigenvalue weighted by atomic mass is 16.5. The van der Waals surface area contributed by atoms with Gasteiger partial charge in [0.05, 0.1) is 0 Å². The van der Waals surface area contributed by atoms with Crippen LogP contribution in [0.4, 0.5) is 17.1 Å². The number of hydrogen-bond donors (Lipinski definition) is 1. The summed E-state index contributed by atoms with van der Waals surface area (Å²) >= 11 is 0. The van der Waals surface area contributed by atoms with Crippen LogP contribution in [0.2, 0.25) is 0 Å². The molecule has 0 spiro atoms. The Labute approximate surface area is 141 Å². The first-order valence-corrected chi connectivity index (χ1v) is 7.70. The molecule has 3 aromatic rings. The van der Waals surface area contributed by atoms with Crippen molar-refractivity contribution in [2.24, 2.45) is 0 Å². The molecule has 0 atom stereocenters. The van der Waals surface area contributed by atoms with Crippen LogP contribution < -0.4 is 9.64 Å². The lowest BCUT2D eigenvalue weighted by Crippen LogP contribution is -2.96. The molecule has 0 bridgehead atoms. The van der Waals surface area contributed by atoms with E-state index in [1.54, 1.807) is 12.1 Å². The van der Waals surface area contributed by atoms with E-state index in [1.807, 2.05) is 48.5 Å². The van der Waals surface area contributed by atoms with Crippen LogP contribution in [0.15, 0.2) is 97.6 Å². The summed E-state index contributed by atoms with van der Waals surface area (Å²) in [6.45, 7) is 3.40. The smallest absolute Gasteiger partial charge is 0.335 e. The Balaban J connectivity index is 1.97. The van der Waals surface area contributed by atoms with Gasteiger partial charge in [-0.15, -0.1) is 0 Å². The second-order valence-electron chi connectivity index (χ2n) is 5.26. The van der Waals surface area contributed by atoms with Crippen LogP contribution in [0.25, 0.3) is 0 Å². The van der Waals surface area contributed by atoms with Gasteiger partial charge in [-0.1, -0.05) is 43.0 Å². The van der Waals surface area contributed by atoms with Gasteiger partial charge in [0.1, 0.15) is 22.8 Å². The van der Waals surface area contributed by atoms with E-state index < -0.39 is 5.97 Å². The zero-order valence-corrected chi connectivity index (χ0v) is 13.2. The van der Waals surface area contributed by atoms with Crippen molar-refractivity contribution < 1.29 is 14.4 Å². The van der Waals surface area contributed by atoms with E-state index in [0.29, 0.717) is 5.75 Å². The topological polar surface area (TPSA) is 30.7 Å². The highest BCUT2D eigenvalue weighted by Gasteiger charge is 2.18.